The highest BCUT2D eigenvalue weighted by Crippen LogP contribution is 2.43. The summed E-state index contributed by atoms with van der Waals surface area (Å²) in [6, 6.07) is 5.28. The first kappa shape index (κ1) is 10.6. The van der Waals surface area contributed by atoms with Crippen LogP contribution in [0.25, 0.3) is 0 Å². The van der Waals surface area contributed by atoms with Crippen molar-refractivity contribution in [1.29, 1.82) is 0 Å². The van der Waals surface area contributed by atoms with Crippen molar-refractivity contribution >= 4 is 27.9 Å². The van der Waals surface area contributed by atoms with Crippen molar-refractivity contribution in [2.24, 2.45) is 0 Å². The zero-order valence-corrected chi connectivity index (χ0v) is 10.2. The molecule has 6 heteroatoms. The Kier molecular flexibility index (Phi) is 2.16. The van der Waals surface area contributed by atoms with Crippen molar-refractivity contribution in [3.8, 4) is 5.75 Å². The molecule has 2 heterocycles. The molecule has 1 saturated heterocycles. The maximum atomic E-state index is 11.9. The lowest BCUT2D eigenvalue weighted by Crippen LogP contribution is -2.40. The molecule has 17 heavy (non-hydrogen) atoms. The monoisotopic (exact) mass is 297 g/mol. The lowest BCUT2D eigenvalue weighted by Gasteiger charge is -2.31. The maximum Gasteiger partial charge on any atom is 0.415 e. The van der Waals surface area contributed by atoms with Gasteiger partial charge in [0.15, 0.2) is 0 Å². The van der Waals surface area contributed by atoms with Crippen molar-refractivity contribution < 1.29 is 19.1 Å². The Balaban J connectivity index is 2.17. The van der Waals surface area contributed by atoms with Crippen LogP contribution in [0.5, 0.6) is 5.75 Å². The fraction of sp³-hybridized carbons (Fsp3) is 0.273. The van der Waals surface area contributed by atoms with E-state index in [2.05, 4.69) is 21.2 Å². The number of imide groups is 1. The molecule has 0 bridgehead atoms. The highest BCUT2D eigenvalue weighted by molar-refractivity contribution is 9.10. The third-order valence-corrected chi connectivity index (χ3v) is 3.43. The molecule has 2 aliphatic rings. The average molecular weight is 298 g/mol. The van der Waals surface area contributed by atoms with E-state index in [-0.39, 0.29) is 0 Å². The van der Waals surface area contributed by atoms with Crippen LogP contribution in [0.15, 0.2) is 22.7 Å². The molecule has 2 amide bonds. The van der Waals surface area contributed by atoms with E-state index in [0.29, 0.717) is 24.3 Å². The molecule has 1 atom stereocenters. The van der Waals surface area contributed by atoms with Crippen molar-refractivity contribution in [1.82, 2.24) is 5.32 Å². The number of halogens is 1. The summed E-state index contributed by atoms with van der Waals surface area (Å²) in [4.78, 5) is 23.1. The number of amides is 2. The molecule has 0 saturated carbocycles. The first-order valence-corrected chi connectivity index (χ1v) is 5.88. The Morgan fingerprint density at radius 1 is 1.35 bits per heavy atom. The largest absolute Gasteiger partial charge is 0.493 e. The maximum absolute atomic E-state index is 11.9. The van der Waals surface area contributed by atoms with Crippen LogP contribution in [-0.2, 0) is 15.1 Å². The van der Waals surface area contributed by atoms with Gasteiger partial charge in [0.1, 0.15) is 5.75 Å². The van der Waals surface area contributed by atoms with Gasteiger partial charge in [-0.2, -0.15) is 0 Å². The molecule has 3 rings (SSSR count). The van der Waals surface area contributed by atoms with Crippen molar-refractivity contribution in [3.63, 3.8) is 0 Å². The van der Waals surface area contributed by atoms with Gasteiger partial charge >= 0.3 is 6.09 Å². The minimum Gasteiger partial charge on any atom is -0.493 e. The molecular formula is C11H8BrNO4. The molecule has 1 fully saturated rings. The second kappa shape index (κ2) is 3.46. The first-order valence-electron chi connectivity index (χ1n) is 5.09. The summed E-state index contributed by atoms with van der Waals surface area (Å²) in [5.74, 6) is 0.143. The van der Waals surface area contributed by atoms with Crippen LogP contribution in [-0.4, -0.2) is 18.6 Å². The number of hydrogen-bond acceptors (Lipinski definition) is 4. The molecule has 0 aromatic heterocycles. The van der Waals surface area contributed by atoms with Crippen LogP contribution in [0.3, 0.4) is 0 Å². The summed E-state index contributed by atoms with van der Waals surface area (Å²) in [5.41, 5.74) is -0.624. The van der Waals surface area contributed by atoms with Crippen molar-refractivity contribution in [2.75, 3.05) is 6.61 Å². The van der Waals surface area contributed by atoms with Gasteiger partial charge in [0.2, 0.25) is 5.60 Å². The summed E-state index contributed by atoms with van der Waals surface area (Å²) in [5, 5.41) is 2.17. The number of alkyl carbamates (subject to hydrolysis) is 1. The molecule has 1 aromatic rings. The molecule has 0 radical (unpaired) electrons. The summed E-state index contributed by atoms with van der Waals surface area (Å²) >= 11 is 3.33. The molecular weight excluding hydrogens is 290 g/mol. The summed E-state index contributed by atoms with van der Waals surface area (Å²) in [6.07, 6.45) is -0.370. The number of hydrogen-bond donors (Lipinski definition) is 1. The fourth-order valence-corrected chi connectivity index (χ4v) is 2.49. The van der Waals surface area contributed by atoms with Crippen LogP contribution in [0.4, 0.5) is 4.79 Å². The minimum atomic E-state index is -1.22. The van der Waals surface area contributed by atoms with Crippen LogP contribution in [0, 0.1) is 0 Å². The number of fused-ring (bicyclic) bond motifs is 2. The van der Waals surface area contributed by atoms with E-state index in [9.17, 15) is 9.59 Å². The Labute approximate surface area is 105 Å². The fourth-order valence-electron chi connectivity index (χ4n) is 2.15. The van der Waals surface area contributed by atoms with Gasteiger partial charge in [-0.25, -0.2) is 4.79 Å². The van der Waals surface area contributed by atoms with Gasteiger partial charge in [-0.1, -0.05) is 15.9 Å². The SMILES string of the molecule is O=C1NC(=O)[C@]2(CCOc3cc(Br)ccc32)O1. The lowest BCUT2D eigenvalue weighted by atomic mass is 9.87. The molecule has 88 valence electrons. The molecule has 1 spiro atoms. The third kappa shape index (κ3) is 1.44. The third-order valence-electron chi connectivity index (χ3n) is 2.94. The van der Waals surface area contributed by atoms with Gasteiger partial charge < -0.3 is 9.47 Å². The number of carbonyl (C=O) groups excluding carboxylic acids is 2. The molecule has 0 unspecified atom stereocenters. The number of rotatable bonds is 0. The van der Waals surface area contributed by atoms with E-state index in [4.69, 9.17) is 9.47 Å². The van der Waals surface area contributed by atoms with Crippen LogP contribution in [0.1, 0.15) is 12.0 Å². The number of carbonyl (C=O) groups is 2. The normalized spacial score (nSPS) is 26.2. The highest BCUT2D eigenvalue weighted by Gasteiger charge is 2.53. The van der Waals surface area contributed by atoms with Gasteiger partial charge in [0.25, 0.3) is 5.91 Å². The second-order valence-electron chi connectivity index (χ2n) is 3.91. The van der Waals surface area contributed by atoms with Gasteiger partial charge in [-0.3, -0.25) is 10.1 Å². The van der Waals surface area contributed by atoms with Gasteiger partial charge in [0.05, 0.1) is 6.61 Å². The first-order chi connectivity index (χ1) is 8.12. The number of benzene rings is 1. The standard InChI is InChI=1S/C11H8BrNO4/c12-6-1-2-7-8(5-6)16-4-3-11(7)9(14)13-10(15)17-11/h1-2,5H,3-4H2,(H,13,14,15)/t11-/m1/s1. The molecule has 1 aromatic carbocycles. The summed E-state index contributed by atoms with van der Waals surface area (Å²) < 4.78 is 11.5. The lowest BCUT2D eigenvalue weighted by molar-refractivity contribution is -0.134. The van der Waals surface area contributed by atoms with Crippen LogP contribution < -0.4 is 10.1 Å². The predicted octanol–water partition coefficient (Wildman–Crippen LogP) is 1.69. The van der Waals surface area contributed by atoms with Crippen molar-refractivity contribution in [2.45, 2.75) is 12.0 Å². The van der Waals surface area contributed by atoms with Gasteiger partial charge in [0, 0.05) is 16.5 Å². The second-order valence-corrected chi connectivity index (χ2v) is 4.83. The quantitative estimate of drug-likeness (QED) is 0.791. The van der Waals surface area contributed by atoms with Crippen molar-refractivity contribution in [3.05, 3.63) is 28.2 Å². The summed E-state index contributed by atoms with van der Waals surface area (Å²) in [6.45, 7) is 0.337. The van der Waals surface area contributed by atoms with E-state index in [1.54, 1.807) is 18.2 Å². The van der Waals surface area contributed by atoms with E-state index in [1.807, 2.05) is 0 Å². The van der Waals surface area contributed by atoms with Crippen LogP contribution >= 0.6 is 15.9 Å². The van der Waals surface area contributed by atoms with E-state index >= 15 is 0 Å². The highest BCUT2D eigenvalue weighted by atomic mass is 79.9. The molecule has 1 N–H and O–H groups in total. The topological polar surface area (TPSA) is 64.6 Å². The summed E-state index contributed by atoms with van der Waals surface area (Å²) in [7, 11) is 0. The van der Waals surface area contributed by atoms with Crippen LogP contribution in [0.2, 0.25) is 0 Å². The van der Waals surface area contributed by atoms with E-state index in [0.717, 1.165) is 4.47 Å². The Hall–Kier alpha value is -1.56. The predicted molar refractivity (Wildman–Crippen MR) is 60.6 cm³/mol. The Morgan fingerprint density at radius 3 is 2.88 bits per heavy atom. The molecule has 2 aliphatic heterocycles. The molecule has 5 nitrogen and oxygen atoms in total. The molecule has 0 aliphatic carbocycles. The smallest absolute Gasteiger partial charge is 0.415 e. The zero-order chi connectivity index (χ0) is 12.0. The Morgan fingerprint density at radius 2 is 2.18 bits per heavy atom. The minimum absolute atomic E-state index is 0.333. The van der Waals surface area contributed by atoms with Gasteiger partial charge in [-0.05, 0) is 18.2 Å². The average Bonchev–Trinajstić information content (AvgIpc) is 2.54. The van der Waals surface area contributed by atoms with Gasteiger partial charge in [-0.15, -0.1) is 0 Å². The zero-order valence-electron chi connectivity index (χ0n) is 8.66. The van der Waals surface area contributed by atoms with E-state index in [1.165, 1.54) is 0 Å². The van der Waals surface area contributed by atoms with E-state index < -0.39 is 17.6 Å². The number of ether oxygens (including phenoxy) is 2. The Bertz CT molecular complexity index is 530. The number of nitrogens with one attached hydrogen (secondary N) is 1.